The number of thioether (sulfide) groups is 1. The molecule has 0 saturated carbocycles. The number of hydrogen-bond donors (Lipinski definition) is 1. The van der Waals surface area contributed by atoms with Gasteiger partial charge in [0.2, 0.25) is 11.1 Å². The maximum absolute atomic E-state index is 13.5. The fraction of sp³-hybridized carbons (Fsp3) is 0.348. The van der Waals surface area contributed by atoms with Gasteiger partial charge in [0, 0.05) is 18.7 Å². The van der Waals surface area contributed by atoms with Crippen LogP contribution < -0.4 is 5.43 Å². The van der Waals surface area contributed by atoms with Gasteiger partial charge in [-0.2, -0.15) is 0 Å². The van der Waals surface area contributed by atoms with E-state index in [0.717, 1.165) is 48.0 Å². The molecule has 2 atom stereocenters. The minimum absolute atomic E-state index is 0.156. The van der Waals surface area contributed by atoms with Gasteiger partial charge >= 0.3 is 0 Å². The second kappa shape index (κ2) is 8.14. The molecule has 30 heavy (non-hydrogen) atoms. The Hall–Kier alpha value is -2.80. The van der Waals surface area contributed by atoms with E-state index in [0.29, 0.717) is 0 Å². The molecule has 7 heteroatoms. The maximum atomic E-state index is 13.5. The summed E-state index contributed by atoms with van der Waals surface area (Å²) in [6.07, 6.45) is 3.37. The van der Waals surface area contributed by atoms with E-state index in [9.17, 15) is 4.79 Å². The highest BCUT2D eigenvalue weighted by atomic mass is 32.2. The van der Waals surface area contributed by atoms with E-state index in [1.165, 1.54) is 23.7 Å². The second-order valence-electron chi connectivity index (χ2n) is 7.95. The molecule has 1 fully saturated rings. The molecular weight excluding hydrogens is 394 g/mol. The van der Waals surface area contributed by atoms with Crippen LogP contribution in [0.25, 0.3) is 11.4 Å². The van der Waals surface area contributed by atoms with Crippen LogP contribution in [0.2, 0.25) is 0 Å². The first-order chi connectivity index (χ1) is 14.7. The number of carbonyl (C=O) groups is 1. The summed E-state index contributed by atoms with van der Waals surface area (Å²) in [5, 5.41) is 9.27. The van der Waals surface area contributed by atoms with Crippen molar-refractivity contribution in [3.8, 4) is 11.4 Å². The van der Waals surface area contributed by atoms with Gasteiger partial charge in [-0.15, -0.1) is 10.2 Å². The predicted molar refractivity (Wildman–Crippen MR) is 119 cm³/mol. The Labute approximate surface area is 180 Å². The topological polar surface area (TPSA) is 63.1 Å². The molecule has 154 valence electrons. The quantitative estimate of drug-likeness (QED) is 0.695. The Kier molecular flexibility index (Phi) is 5.21. The molecule has 1 saturated heterocycles. The number of hydrogen-bond acceptors (Lipinski definition) is 5. The molecule has 6 nitrogen and oxygen atoms in total. The smallest absolute Gasteiger partial charge is 0.238 e. The Morgan fingerprint density at radius 2 is 1.73 bits per heavy atom. The molecule has 5 rings (SSSR count). The maximum Gasteiger partial charge on any atom is 0.238 e. The summed E-state index contributed by atoms with van der Waals surface area (Å²) in [6, 6.07) is 18.3. The zero-order chi connectivity index (χ0) is 20.5. The summed E-state index contributed by atoms with van der Waals surface area (Å²) in [5.41, 5.74) is 6.87. The van der Waals surface area contributed by atoms with E-state index in [1.54, 1.807) is 0 Å². The van der Waals surface area contributed by atoms with E-state index in [4.69, 9.17) is 0 Å². The van der Waals surface area contributed by atoms with Crippen LogP contribution in [0.4, 0.5) is 0 Å². The van der Waals surface area contributed by atoms with Gasteiger partial charge in [0.25, 0.3) is 0 Å². The first kappa shape index (κ1) is 19.2. The molecule has 1 amide bonds. The van der Waals surface area contributed by atoms with Crippen molar-refractivity contribution in [2.45, 2.75) is 42.6 Å². The van der Waals surface area contributed by atoms with Crippen LogP contribution in [-0.2, 0) is 4.79 Å². The highest BCUT2D eigenvalue weighted by Gasteiger charge is 2.40. The lowest BCUT2D eigenvalue weighted by atomic mass is 10.0. The minimum Gasteiger partial charge on any atom is -0.342 e. The Morgan fingerprint density at radius 3 is 2.47 bits per heavy atom. The number of rotatable bonds is 3. The number of fused-ring (bicyclic) bond motifs is 1. The zero-order valence-corrected chi connectivity index (χ0v) is 17.8. The molecule has 3 aromatic rings. The summed E-state index contributed by atoms with van der Waals surface area (Å²) in [5.74, 6) is 0.951. The molecule has 1 N–H and O–H groups in total. The number of aryl methyl sites for hydroxylation is 1. The third-order valence-electron chi connectivity index (χ3n) is 5.82. The van der Waals surface area contributed by atoms with Gasteiger partial charge in [-0.25, -0.2) is 4.68 Å². The van der Waals surface area contributed by atoms with Crippen molar-refractivity contribution in [1.29, 1.82) is 0 Å². The fourth-order valence-corrected chi connectivity index (χ4v) is 5.30. The van der Waals surface area contributed by atoms with Crippen LogP contribution in [0.15, 0.2) is 59.8 Å². The van der Waals surface area contributed by atoms with Crippen molar-refractivity contribution in [2.75, 3.05) is 18.5 Å². The van der Waals surface area contributed by atoms with Crippen LogP contribution >= 0.6 is 11.8 Å². The molecule has 2 aliphatic heterocycles. The molecule has 0 unspecified atom stereocenters. The van der Waals surface area contributed by atoms with E-state index >= 15 is 0 Å². The van der Waals surface area contributed by atoms with Gasteiger partial charge in [-0.3, -0.25) is 4.79 Å². The lowest BCUT2D eigenvalue weighted by Crippen LogP contribution is -2.47. The summed E-state index contributed by atoms with van der Waals surface area (Å²) >= 11 is 1.52. The summed E-state index contributed by atoms with van der Waals surface area (Å²) < 4.78 is 1.94. The Bertz CT molecular complexity index is 1030. The molecule has 2 aromatic carbocycles. The first-order valence-corrected chi connectivity index (χ1v) is 11.4. The molecule has 1 aromatic heterocycles. The lowest BCUT2D eigenvalue weighted by Gasteiger charge is -2.37. The van der Waals surface area contributed by atoms with Gasteiger partial charge in [0.15, 0.2) is 5.82 Å². The van der Waals surface area contributed by atoms with Gasteiger partial charge in [0.05, 0.1) is 6.04 Å². The predicted octanol–water partition coefficient (Wildman–Crippen LogP) is 4.03. The van der Waals surface area contributed by atoms with Gasteiger partial charge < -0.3 is 10.3 Å². The van der Waals surface area contributed by atoms with Crippen LogP contribution in [0, 0.1) is 6.92 Å². The standard InChI is InChI=1S/C23H25N5OS/c1-16-10-12-17(13-11-16)19-20(22(29)27-14-6-3-7-15-27)30-23-25-24-21(28(23)26-19)18-8-4-2-5-9-18/h2,4-5,8-13,19-20,26H,3,6-7,14-15H2,1H3/t19-,20+/m0/s1. The number of piperidine rings is 1. The Balaban J connectivity index is 1.53. The highest BCUT2D eigenvalue weighted by Crippen LogP contribution is 2.39. The molecule has 0 bridgehead atoms. The molecule has 2 aliphatic rings. The highest BCUT2D eigenvalue weighted by molar-refractivity contribution is 8.00. The second-order valence-corrected chi connectivity index (χ2v) is 9.06. The molecular formula is C23H25N5OS. The average molecular weight is 420 g/mol. The third-order valence-corrected chi connectivity index (χ3v) is 7.02. The molecule has 0 radical (unpaired) electrons. The number of nitrogens with zero attached hydrogens (tertiary/aromatic N) is 4. The van der Waals surface area contributed by atoms with Gasteiger partial charge in [-0.05, 0) is 31.7 Å². The molecule has 0 aliphatic carbocycles. The van der Waals surface area contributed by atoms with Crippen molar-refractivity contribution in [2.24, 2.45) is 0 Å². The number of benzene rings is 2. The normalized spacial score (nSPS) is 21.0. The number of amides is 1. The Morgan fingerprint density at radius 1 is 1.00 bits per heavy atom. The van der Waals surface area contributed by atoms with Crippen molar-refractivity contribution in [1.82, 2.24) is 19.8 Å². The first-order valence-electron chi connectivity index (χ1n) is 10.5. The van der Waals surface area contributed by atoms with Gasteiger partial charge in [0.1, 0.15) is 5.25 Å². The third kappa shape index (κ3) is 3.58. The summed E-state index contributed by atoms with van der Waals surface area (Å²) in [7, 11) is 0. The van der Waals surface area contributed by atoms with Crippen molar-refractivity contribution >= 4 is 17.7 Å². The van der Waals surface area contributed by atoms with E-state index in [-0.39, 0.29) is 17.2 Å². The average Bonchev–Trinajstić information content (AvgIpc) is 3.22. The van der Waals surface area contributed by atoms with Crippen LogP contribution in [0.3, 0.4) is 0 Å². The summed E-state index contributed by atoms with van der Waals surface area (Å²) in [4.78, 5) is 15.5. The van der Waals surface area contributed by atoms with E-state index in [2.05, 4.69) is 46.8 Å². The fourth-order valence-electron chi connectivity index (χ4n) is 4.14. The van der Waals surface area contributed by atoms with Crippen molar-refractivity contribution in [3.05, 3.63) is 65.7 Å². The number of aromatic nitrogens is 3. The lowest BCUT2D eigenvalue weighted by molar-refractivity contribution is -0.131. The summed E-state index contributed by atoms with van der Waals surface area (Å²) in [6.45, 7) is 3.77. The minimum atomic E-state index is -0.272. The molecule has 3 heterocycles. The van der Waals surface area contributed by atoms with Gasteiger partial charge in [-0.1, -0.05) is 71.9 Å². The molecule has 0 spiro atoms. The van der Waals surface area contributed by atoms with Crippen molar-refractivity contribution < 1.29 is 4.79 Å². The van der Waals surface area contributed by atoms with Crippen molar-refractivity contribution in [3.63, 3.8) is 0 Å². The van der Waals surface area contributed by atoms with Crippen LogP contribution in [-0.4, -0.2) is 44.0 Å². The number of nitrogens with one attached hydrogen (secondary N) is 1. The zero-order valence-electron chi connectivity index (χ0n) is 17.0. The van der Waals surface area contributed by atoms with Crippen LogP contribution in [0.1, 0.15) is 36.4 Å². The van der Waals surface area contributed by atoms with Crippen LogP contribution in [0.5, 0.6) is 0 Å². The largest absolute Gasteiger partial charge is 0.342 e. The monoisotopic (exact) mass is 419 g/mol. The number of carbonyl (C=O) groups excluding carboxylic acids is 1. The van der Waals surface area contributed by atoms with E-state index in [1.807, 2.05) is 39.9 Å². The van der Waals surface area contributed by atoms with E-state index < -0.39 is 0 Å². The number of likely N-dealkylation sites (tertiary alicyclic amines) is 1. The SMILES string of the molecule is Cc1ccc([C@@H]2Nn3c(nnc3-c3ccccc3)S[C@H]2C(=O)N2CCCCC2)cc1.